The van der Waals surface area contributed by atoms with E-state index in [2.05, 4.69) is 37.3 Å². The fraction of sp³-hybridized carbons (Fsp3) is 0.320. The van der Waals surface area contributed by atoms with Crippen molar-refractivity contribution < 1.29 is 28.2 Å². The zero-order valence-electron chi connectivity index (χ0n) is 19.7. The number of nitrogens with zero attached hydrogens (tertiary/aromatic N) is 4. The van der Waals surface area contributed by atoms with E-state index in [0.717, 1.165) is 5.56 Å². The maximum atomic E-state index is 13.1. The van der Waals surface area contributed by atoms with Gasteiger partial charge >= 0.3 is 0 Å². The number of nitrogens with one attached hydrogen (secondary N) is 2. The minimum atomic E-state index is -2.93. The van der Waals surface area contributed by atoms with Crippen molar-refractivity contribution in [3.8, 4) is 17.6 Å². The van der Waals surface area contributed by atoms with Gasteiger partial charge in [0.25, 0.3) is 17.7 Å². The number of alkyl halides is 2. The summed E-state index contributed by atoms with van der Waals surface area (Å²) in [4.78, 5) is 35.5. The first-order valence-electron chi connectivity index (χ1n) is 11.4. The first-order valence-corrected chi connectivity index (χ1v) is 11.4. The van der Waals surface area contributed by atoms with Crippen LogP contribution >= 0.6 is 0 Å². The maximum Gasteiger partial charge on any atom is 0.291 e. The third-order valence-corrected chi connectivity index (χ3v) is 5.97. The van der Waals surface area contributed by atoms with Gasteiger partial charge in [-0.2, -0.15) is 0 Å². The van der Waals surface area contributed by atoms with Crippen molar-refractivity contribution in [1.82, 2.24) is 25.5 Å². The van der Waals surface area contributed by atoms with Crippen LogP contribution in [-0.2, 0) is 11.2 Å². The Kier molecular flexibility index (Phi) is 6.08. The van der Waals surface area contributed by atoms with Crippen LogP contribution in [0.5, 0.6) is 5.75 Å². The smallest absolute Gasteiger partial charge is 0.291 e. The van der Waals surface area contributed by atoms with Crippen LogP contribution in [0.2, 0.25) is 0 Å². The zero-order chi connectivity index (χ0) is 26.2. The summed E-state index contributed by atoms with van der Waals surface area (Å²) in [5, 5.41) is 19.3. The van der Waals surface area contributed by atoms with Gasteiger partial charge in [0.1, 0.15) is 29.8 Å². The predicted molar refractivity (Wildman–Crippen MR) is 126 cm³/mol. The number of hydrogen-bond donors (Lipinski definition) is 3. The molecule has 1 atom stereocenters. The van der Waals surface area contributed by atoms with Crippen molar-refractivity contribution in [3.05, 3.63) is 65.4 Å². The summed E-state index contributed by atoms with van der Waals surface area (Å²) in [6.45, 7) is -0.162. The van der Waals surface area contributed by atoms with Crippen LogP contribution in [0.15, 0.2) is 42.5 Å². The second kappa shape index (κ2) is 9.25. The lowest BCUT2D eigenvalue weighted by molar-refractivity contribution is -0.176. The Balaban J connectivity index is 1.26. The van der Waals surface area contributed by atoms with Gasteiger partial charge in [0.05, 0.1) is 12.8 Å². The topological polar surface area (TPSA) is 133 Å². The largest absolute Gasteiger partial charge is 0.487 e. The second-order valence-electron chi connectivity index (χ2n) is 9.01. The third kappa shape index (κ3) is 5.26. The number of halogens is 2. The minimum absolute atomic E-state index is 0.113. The molecule has 1 aliphatic heterocycles. The van der Waals surface area contributed by atoms with Crippen LogP contribution in [0.4, 0.5) is 14.6 Å². The Labute approximate surface area is 210 Å². The highest BCUT2D eigenvalue weighted by atomic mass is 19.3. The van der Waals surface area contributed by atoms with Crippen molar-refractivity contribution in [3.63, 3.8) is 0 Å². The summed E-state index contributed by atoms with van der Waals surface area (Å²) >= 11 is 0. The highest BCUT2D eigenvalue weighted by Crippen LogP contribution is 2.45. The van der Waals surface area contributed by atoms with E-state index >= 15 is 0 Å². The van der Waals surface area contributed by atoms with E-state index in [4.69, 9.17) is 4.74 Å². The number of carbonyl (C=O) groups excluding carboxylic acids is 2. The van der Waals surface area contributed by atoms with Gasteiger partial charge in [-0.1, -0.05) is 36.3 Å². The molecule has 1 saturated carbocycles. The Bertz CT molecular complexity index is 1410. The van der Waals surface area contributed by atoms with Crippen LogP contribution in [0, 0.1) is 11.8 Å². The van der Waals surface area contributed by atoms with Gasteiger partial charge in [-0.05, 0) is 23.6 Å². The number of pyridine rings is 1. The molecule has 0 saturated heterocycles. The van der Waals surface area contributed by atoms with Crippen LogP contribution < -0.4 is 15.0 Å². The van der Waals surface area contributed by atoms with E-state index in [1.807, 2.05) is 30.3 Å². The number of H-pyrrole nitrogens is 1. The number of amides is 2. The highest BCUT2D eigenvalue weighted by molar-refractivity contribution is 6.01. The molecule has 5 rings (SSSR count). The number of benzene rings is 1. The molecule has 2 amide bonds. The Morgan fingerprint density at radius 2 is 2.00 bits per heavy atom. The van der Waals surface area contributed by atoms with Gasteiger partial charge in [-0.25, -0.2) is 18.7 Å². The van der Waals surface area contributed by atoms with E-state index in [9.17, 15) is 23.5 Å². The van der Waals surface area contributed by atoms with E-state index in [1.54, 1.807) is 0 Å². The molecule has 1 fully saturated rings. The lowest BCUT2D eigenvalue weighted by Crippen LogP contribution is -2.50. The number of carbonyl (C=O) groups is 2. The molecule has 2 aliphatic rings. The number of ether oxygens (including phenoxy) is 1. The molecular weight excluding hydrogens is 486 g/mol. The first-order chi connectivity index (χ1) is 17.6. The number of fused-ring (bicyclic) bond motifs is 1. The molecule has 3 aromatic rings. The lowest BCUT2D eigenvalue weighted by atomic mass is 9.77. The summed E-state index contributed by atoms with van der Waals surface area (Å²) in [5.74, 6) is 1.74. The quantitative estimate of drug-likeness (QED) is 0.455. The molecule has 190 valence electrons. The number of hydrogen-bond acceptors (Lipinski definition) is 7. The molecule has 0 spiro atoms. The maximum absolute atomic E-state index is 13.1. The van der Waals surface area contributed by atoms with Crippen LogP contribution in [-0.4, -0.2) is 68.3 Å². The third-order valence-electron chi connectivity index (χ3n) is 5.97. The van der Waals surface area contributed by atoms with E-state index in [1.165, 1.54) is 24.1 Å². The number of anilines is 1. The Hall–Kier alpha value is -4.37. The molecule has 0 unspecified atom stereocenters. The molecule has 3 N–H and O–H groups in total. The van der Waals surface area contributed by atoms with Gasteiger partial charge < -0.3 is 15.2 Å². The average molecular weight is 508 g/mol. The molecular formula is C25H22F2N6O4. The van der Waals surface area contributed by atoms with Gasteiger partial charge in [0.15, 0.2) is 11.6 Å². The van der Waals surface area contributed by atoms with Crippen LogP contribution in [0.25, 0.3) is 0 Å². The molecule has 1 aliphatic carbocycles. The molecule has 0 bridgehead atoms. The summed E-state index contributed by atoms with van der Waals surface area (Å²) in [7, 11) is 1.46. The van der Waals surface area contributed by atoms with E-state index < -0.39 is 42.2 Å². The predicted octanol–water partition coefficient (Wildman–Crippen LogP) is 1.46. The van der Waals surface area contributed by atoms with Gasteiger partial charge in [0, 0.05) is 13.5 Å². The molecule has 3 heterocycles. The molecule has 12 heteroatoms. The number of aromatic nitrogens is 4. The first kappa shape index (κ1) is 24.3. The normalized spacial score (nSPS) is 19.4. The standard InChI is InChI=1S/C25H22F2N6O4/c1-33-21-18(8-7-16(28-21)9-10-24(36)13-25(26,27)14-24)37-12-17(23(33)35)29-22(34)20-30-19(31-32-20)11-15-5-3-2-4-6-15/h2-8,17,36H,11-14H2,1H3,(H,29,34)(H,30,31,32)/t17-/m0/s1. The van der Waals surface area contributed by atoms with E-state index in [-0.39, 0.29) is 29.7 Å². The highest BCUT2D eigenvalue weighted by Gasteiger charge is 2.55. The monoisotopic (exact) mass is 508 g/mol. The van der Waals surface area contributed by atoms with Crippen LogP contribution in [0.1, 0.15) is 40.5 Å². The van der Waals surface area contributed by atoms with Gasteiger partial charge in [-0.15, -0.1) is 5.10 Å². The summed E-state index contributed by atoms with van der Waals surface area (Å²) in [5.41, 5.74) is -0.610. The fourth-order valence-corrected chi connectivity index (χ4v) is 4.10. The van der Waals surface area contributed by atoms with Crippen molar-refractivity contribution in [1.29, 1.82) is 0 Å². The molecule has 2 aromatic heterocycles. The van der Waals surface area contributed by atoms with Crippen molar-refractivity contribution in [2.75, 3.05) is 18.6 Å². The fourth-order valence-electron chi connectivity index (χ4n) is 4.10. The van der Waals surface area contributed by atoms with Crippen molar-refractivity contribution in [2.45, 2.75) is 36.8 Å². The summed E-state index contributed by atoms with van der Waals surface area (Å²) in [6, 6.07) is 11.5. The van der Waals surface area contributed by atoms with E-state index in [0.29, 0.717) is 12.2 Å². The van der Waals surface area contributed by atoms with Crippen molar-refractivity contribution in [2.24, 2.45) is 0 Å². The average Bonchev–Trinajstić information content (AvgIpc) is 3.28. The molecule has 1 aromatic carbocycles. The summed E-state index contributed by atoms with van der Waals surface area (Å²) < 4.78 is 31.9. The molecule has 37 heavy (non-hydrogen) atoms. The van der Waals surface area contributed by atoms with Crippen LogP contribution in [0.3, 0.4) is 0 Å². The number of aromatic amines is 1. The minimum Gasteiger partial charge on any atom is -0.487 e. The van der Waals surface area contributed by atoms with Crippen molar-refractivity contribution >= 4 is 17.6 Å². The SMILES string of the molecule is CN1C(=O)[C@@H](NC(=O)c2n[nH]c(Cc3ccccc3)n2)COc2ccc(C#CC3(O)CC(F)(F)C3)nc21. The second-order valence-corrected chi connectivity index (χ2v) is 9.01. The summed E-state index contributed by atoms with van der Waals surface area (Å²) in [6.07, 6.45) is -1.01. The number of likely N-dealkylation sites (N-methyl/N-ethyl adjacent to an activating group) is 1. The Morgan fingerprint density at radius 1 is 1.24 bits per heavy atom. The van der Waals surface area contributed by atoms with Gasteiger partial charge in [0.2, 0.25) is 5.82 Å². The number of rotatable bonds is 4. The lowest BCUT2D eigenvalue weighted by Gasteiger charge is -2.39. The zero-order valence-corrected chi connectivity index (χ0v) is 19.7. The molecule has 0 radical (unpaired) electrons. The molecule has 10 nitrogen and oxygen atoms in total. The Morgan fingerprint density at radius 3 is 2.73 bits per heavy atom. The van der Waals surface area contributed by atoms with Gasteiger partial charge in [-0.3, -0.25) is 19.6 Å². The number of aliphatic hydroxyl groups is 1.